The summed E-state index contributed by atoms with van der Waals surface area (Å²) in [6, 6.07) is 20.8. The van der Waals surface area contributed by atoms with Gasteiger partial charge >= 0.3 is 5.97 Å². The van der Waals surface area contributed by atoms with Crippen LogP contribution in [0.25, 0.3) is 0 Å². The van der Waals surface area contributed by atoms with Crippen molar-refractivity contribution in [1.82, 2.24) is 0 Å². The quantitative estimate of drug-likeness (QED) is 0.659. The molecular formula is C24H21NO3. The van der Waals surface area contributed by atoms with Gasteiger partial charge in [-0.1, -0.05) is 42.5 Å². The van der Waals surface area contributed by atoms with Gasteiger partial charge in [-0.15, -0.1) is 0 Å². The van der Waals surface area contributed by atoms with Crippen LogP contribution < -0.4 is 5.32 Å². The highest BCUT2D eigenvalue weighted by Crippen LogP contribution is 2.31. The Morgan fingerprint density at radius 1 is 1.00 bits per heavy atom. The molecule has 28 heavy (non-hydrogen) atoms. The number of esters is 1. The van der Waals surface area contributed by atoms with Gasteiger partial charge < -0.3 is 10.1 Å². The molecule has 4 rings (SSSR count). The van der Waals surface area contributed by atoms with E-state index < -0.39 is 0 Å². The number of rotatable bonds is 3. The van der Waals surface area contributed by atoms with Crippen LogP contribution in [0.4, 0.5) is 5.69 Å². The minimum Gasteiger partial charge on any atom is -0.454 e. The third-order valence-electron chi connectivity index (χ3n) is 5.05. The maximum atomic E-state index is 12.8. The Balaban J connectivity index is 1.60. The Labute approximate surface area is 164 Å². The summed E-state index contributed by atoms with van der Waals surface area (Å²) in [7, 11) is 0. The molecule has 1 aliphatic heterocycles. The molecule has 0 saturated carbocycles. The largest absolute Gasteiger partial charge is 0.454 e. The van der Waals surface area contributed by atoms with E-state index in [9.17, 15) is 9.59 Å². The van der Waals surface area contributed by atoms with E-state index in [1.54, 1.807) is 18.2 Å². The van der Waals surface area contributed by atoms with Gasteiger partial charge in [0.2, 0.25) is 0 Å². The van der Waals surface area contributed by atoms with Crippen LogP contribution in [0.15, 0.2) is 66.7 Å². The van der Waals surface area contributed by atoms with Crippen molar-refractivity contribution in [1.29, 1.82) is 0 Å². The zero-order valence-corrected chi connectivity index (χ0v) is 15.9. The predicted octanol–water partition coefficient (Wildman–Crippen LogP) is 5.01. The summed E-state index contributed by atoms with van der Waals surface area (Å²) in [5, 5.41) is 2.97. The molecular weight excluding hydrogens is 350 g/mol. The van der Waals surface area contributed by atoms with Crippen molar-refractivity contribution >= 4 is 17.6 Å². The number of cyclic esters (lactones) is 1. The van der Waals surface area contributed by atoms with Crippen molar-refractivity contribution in [2.45, 2.75) is 26.4 Å². The number of benzene rings is 3. The Kier molecular flexibility index (Phi) is 4.70. The molecule has 0 spiro atoms. The van der Waals surface area contributed by atoms with Crippen molar-refractivity contribution in [2.24, 2.45) is 0 Å². The van der Waals surface area contributed by atoms with Gasteiger partial charge in [0.05, 0.1) is 5.56 Å². The van der Waals surface area contributed by atoms with Crippen molar-refractivity contribution in [3.8, 4) is 0 Å². The number of ether oxygens (including phenoxy) is 1. The number of amides is 1. The third-order valence-corrected chi connectivity index (χ3v) is 5.05. The van der Waals surface area contributed by atoms with Gasteiger partial charge in [-0.3, -0.25) is 4.79 Å². The summed E-state index contributed by atoms with van der Waals surface area (Å²) in [6.07, 6.45) is 0.217. The first kappa shape index (κ1) is 18.0. The summed E-state index contributed by atoms with van der Waals surface area (Å²) in [4.78, 5) is 25.2. The molecule has 0 unspecified atom stereocenters. The van der Waals surface area contributed by atoms with Crippen molar-refractivity contribution < 1.29 is 14.3 Å². The minimum absolute atomic E-state index is 0.188. The molecule has 0 aromatic heterocycles. The fourth-order valence-corrected chi connectivity index (χ4v) is 3.46. The highest BCUT2D eigenvalue weighted by Gasteiger charge is 2.28. The SMILES string of the molecule is Cc1ccc(C)c(NC(=O)c2ccc3c(c2)C[C@H](c2ccccc2)OC3=O)c1. The highest BCUT2D eigenvalue weighted by atomic mass is 16.5. The molecule has 0 radical (unpaired) electrons. The first-order chi connectivity index (χ1) is 13.5. The Hall–Kier alpha value is -3.40. The smallest absolute Gasteiger partial charge is 0.339 e. The lowest BCUT2D eigenvalue weighted by molar-refractivity contribution is 0.0252. The van der Waals surface area contributed by atoms with E-state index in [-0.39, 0.29) is 18.0 Å². The average molecular weight is 371 g/mol. The maximum Gasteiger partial charge on any atom is 0.339 e. The zero-order chi connectivity index (χ0) is 19.7. The molecule has 0 bridgehead atoms. The molecule has 1 aliphatic rings. The average Bonchev–Trinajstić information content (AvgIpc) is 2.71. The lowest BCUT2D eigenvalue weighted by Gasteiger charge is -2.25. The molecule has 3 aromatic rings. The minimum atomic E-state index is -0.350. The number of carbonyl (C=O) groups is 2. The van der Waals surface area contributed by atoms with Gasteiger partial charge in [-0.25, -0.2) is 4.79 Å². The molecule has 4 heteroatoms. The summed E-state index contributed by atoms with van der Waals surface area (Å²) in [5.41, 5.74) is 5.72. The zero-order valence-electron chi connectivity index (χ0n) is 15.9. The first-order valence-electron chi connectivity index (χ1n) is 9.29. The maximum absolute atomic E-state index is 12.8. The van der Waals surface area contributed by atoms with Crippen LogP contribution >= 0.6 is 0 Å². The van der Waals surface area contributed by atoms with E-state index in [0.29, 0.717) is 17.5 Å². The van der Waals surface area contributed by atoms with Crippen LogP contribution in [0, 0.1) is 13.8 Å². The Morgan fingerprint density at radius 2 is 1.79 bits per heavy atom. The molecule has 140 valence electrons. The van der Waals surface area contributed by atoms with Crippen LogP contribution in [-0.2, 0) is 11.2 Å². The molecule has 0 aliphatic carbocycles. The predicted molar refractivity (Wildman–Crippen MR) is 109 cm³/mol. The number of nitrogens with one attached hydrogen (secondary N) is 1. The van der Waals surface area contributed by atoms with Gasteiger partial charge in [0.25, 0.3) is 5.91 Å². The third kappa shape index (κ3) is 3.54. The molecule has 3 aromatic carbocycles. The lowest BCUT2D eigenvalue weighted by Crippen LogP contribution is -2.23. The van der Waals surface area contributed by atoms with E-state index in [4.69, 9.17) is 4.74 Å². The van der Waals surface area contributed by atoms with Gasteiger partial charge in [-0.05, 0) is 60.4 Å². The fraction of sp³-hybridized carbons (Fsp3) is 0.167. The highest BCUT2D eigenvalue weighted by molar-refractivity contribution is 6.05. The van der Waals surface area contributed by atoms with Gasteiger partial charge in [0.1, 0.15) is 6.10 Å². The van der Waals surface area contributed by atoms with E-state index >= 15 is 0 Å². The topological polar surface area (TPSA) is 55.4 Å². The normalized spacial score (nSPS) is 15.5. The monoisotopic (exact) mass is 371 g/mol. The van der Waals surface area contributed by atoms with Crippen molar-refractivity contribution in [3.63, 3.8) is 0 Å². The number of hydrogen-bond acceptors (Lipinski definition) is 3. The lowest BCUT2D eigenvalue weighted by atomic mass is 9.93. The standard InChI is InChI=1S/C24H21NO3/c1-15-8-9-16(2)21(12-15)25-23(26)18-10-11-20-19(13-18)14-22(28-24(20)27)17-6-4-3-5-7-17/h3-13,22H,14H2,1-2H3,(H,25,26)/t22-/m1/s1. The van der Waals surface area contributed by atoms with Crippen molar-refractivity contribution in [3.05, 3.63) is 100 Å². The number of fused-ring (bicyclic) bond motifs is 1. The molecule has 0 fully saturated rings. The van der Waals surface area contributed by atoms with Gasteiger partial charge in [0.15, 0.2) is 0 Å². The van der Waals surface area contributed by atoms with Gasteiger partial charge in [0, 0.05) is 17.7 Å². The molecule has 4 nitrogen and oxygen atoms in total. The van der Waals surface area contributed by atoms with Crippen LogP contribution in [0.5, 0.6) is 0 Å². The van der Waals surface area contributed by atoms with Crippen LogP contribution in [0.3, 0.4) is 0 Å². The second-order valence-electron chi connectivity index (χ2n) is 7.15. The van der Waals surface area contributed by atoms with Crippen LogP contribution in [0.1, 0.15) is 49.1 Å². The summed E-state index contributed by atoms with van der Waals surface area (Å²) >= 11 is 0. The van der Waals surface area contributed by atoms with Gasteiger partial charge in [-0.2, -0.15) is 0 Å². The second-order valence-corrected chi connectivity index (χ2v) is 7.15. The summed E-state index contributed by atoms with van der Waals surface area (Å²) in [5.74, 6) is -0.539. The number of hydrogen-bond donors (Lipinski definition) is 1. The van der Waals surface area contributed by atoms with Crippen LogP contribution in [-0.4, -0.2) is 11.9 Å². The number of anilines is 1. The summed E-state index contributed by atoms with van der Waals surface area (Å²) in [6.45, 7) is 3.95. The van der Waals surface area contributed by atoms with Crippen molar-refractivity contribution in [2.75, 3.05) is 5.32 Å². The van der Waals surface area contributed by atoms with E-state index in [2.05, 4.69) is 5.32 Å². The molecule has 1 heterocycles. The Morgan fingerprint density at radius 3 is 2.57 bits per heavy atom. The molecule has 0 saturated heterocycles. The van der Waals surface area contributed by atoms with Crippen LogP contribution in [0.2, 0.25) is 0 Å². The summed E-state index contributed by atoms with van der Waals surface area (Å²) < 4.78 is 5.58. The molecule has 1 N–H and O–H groups in total. The Bertz CT molecular complexity index is 1060. The fourth-order valence-electron chi connectivity index (χ4n) is 3.46. The molecule has 1 amide bonds. The van der Waals surface area contributed by atoms with E-state index in [1.165, 1.54) is 0 Å². The molecule has 1 atom stereocenters. The number of carbonyl (C=O) groups excluding carboxylic acids is 2. The van der Waals surface area contributed by atoms with E-state index in [0.717, 1.165) is 27.9 Å². The number of aryl methyl sites for hydroxylation is 2. The second kappa shape index (κ2) is 7.31. The van der Waals surface area contributed by atoms with E-state index in [1.807, 2.05) is 62.4 Å². The first-order valence-corrected chi connectivity index (χ1v) is 9.29.